The van der Waals surface area contributed by atoms with Gasteiger partial charge in [0.25, 0.3) is 0 Å². The Hall–Kier alpha value is -4.44. The number of carbonyl (C=O) groups excluding carboxylic acids is 1. The second-order valence-corrected chi connectivity index (χ2v) is 16.6. The van der Waals surface area contributed by atoms with Crippen LogP contribution in [-0.4, -0.2) is 20.9 Å². The molecule has 1 N–H and O–H groups in total. The van der Waals surface area contributed by atoms with Gasteiger partial charge in [-0.2, -0.15) is 0 Å². The maximum Gasteiger partial charge on any atom is 0.162 e. The normalized spacial score (nSPS) is 13.9. The van der Waals surface area contributed by atoms with Gasteiger partial charge in [0.2, 0.25) is 0 Å². The minimum atomic E-state index is 0. The van der Waals surface area contributed by atoms with Crippen molar-refractivity contribution in [1.29, 1.82) is 0 Å². The van der Waals surface area contributed by atoms with Crippen molar-refractivity contribution in [2.75, 3.05) is 0 Å². The Bertz CT molecular complexity index is 2550. The molecule has 6 aromatic rings. The number of ketones is 1. The summed E-state index contributed by atoms with van der Waals surface area (Å²) in [5.74, 6) is 1.53. The van der Waals surface area contributed by atoms with Crippen molar-refractivity contribution >= 4 is 27.3 Å². The number of rotatable bonds is 11. The molecule has 0 spiro atoms. The van der Waals surface area contributed by atoms with E-state index in [1.807, 2.05) is 66.7 Å². The van der Waals surface area contributed by atoms with E-state index in [-0.39, 0.29) is 67.9 Å². The third-order valence-electron chi connectivity index (χ3n) is 11.7. The van der Waals surface area contributed by atoms with E-state index in [2.05, 4.69) is 85.3 Å². The molecule has 60 heavy (non-hydrogen) atoms. The van der Waals surface area contributed by atoms with E-state index >= 15 is 0 Å². The summed E-state index contributed by atoms with van der Waals surface area (Å²) < 4.78 is 32.8. The van der Waals surface area contributed by atoms with Crippen LogP contribution in [0.3, 0.4) is 0 Å². The predicted molar refractivity (Wildman–Crippen MR) is 250 cm³/mol. The summed E-state index contributed by atoms with van der Waals surface area (Å²) in [6, 6.07) is 27.9. The van der Waals surface area contributed by atoms with Gasteiger partial charge in [-0.1, -0.05) is 118 Å². The zero-order valence-electron chi connectivity index (χ0n) is 41.4. The first-order chi connectivity index (χ1) is 30.0. The van der Waals surface area contributed by atoms with Crippen molar-refractivity contribution in [3.05, 3.63) is 142 Å². The van der Waals surface area contributed by atoms with Crippen LogP contribution < -0.4 is 0 Å². The van der Waals surface area contributed by atoms with Crippen molar-refractivity contribution in [1.82, 2.24) is 9.97 Å². The van der Waals surface area contributed by atoms with Crippen LogP contribution in [0.4, 0.5) is 0 Å². The van der Waals surface area contributed by atoms with E-state index in [9.17, 15) is 9.90 Å². The van der Waals surface area contributed by atoms with E-state index in [4.69, 9.17) is 5.48 Å². The fourth-order valence-corrected chi connectivity index (χ4v) is 8.26. The summed E-state index contributed by atoms with van der Waals surface area (Å²) in [4.78, 5) is 20.5. The molecule has 0 saturated heterocycles. The van der Waals surface area contributed by atoms with Crippen molar-refractivity contribution in [2.45, 2.75) is 132 Å². The molecule has 4 aromatic carbocycles. The Morgan fingerprint density at radius 1 is 0.733 bits per heavy atom. The molecule has 0 amide bonds. The second-order valence-electron chi connectivity index (χ2n) is 16.6. The third kappa shape index (κ3) is 12.6. The van der Waals surface area contributed by atoms with Crippen molar-refractivity contribution in [3.8, 4) is 22.5 Å². The number of nitrogens with zero attached hydrogens (tertiary/aromatic N) is 2. The molecule has 2 heterocycles. The largest absolute Gasteiger partial charge is 0.512 e. The van der Waals surface area contributed by atoms with Crippen molar-refractivity contribution < 1.29 is 35.5 Å². The van der Waals surface area contributed by atoms with Crippen molar-refractivity contribution in [2.24, 2.45) is 11.8 Å². The quantitative estimate of drug-likeness (QED) is 0.0798. The number of aryl methyl sites for hydroxylation is 4. The van der Waals surface area contributed by atoms with Gasteiger partial charge in [-0.3, -0.25) is 4.79 Å². The number of aliphatic hydroxyl groups is 1. The Morgan fingerprint density at radius 2 is 1.22 bits per heavy atom. The van der Waals surface area contributed by atoms with E-state index in [1.165, 1.54) is 42.9 Å². The molecule has 2 aromatic heterocycles. The number of aromatic nitrogens is 2. The standard InChI is InChI=1S/C22H22N.C20H20N.C13H24O2.Ir/c1-15-11-16(2)13-20(12-15)22-21-8-7-18(17-5-3-4-6-17)14-19(21)9-10-23-22;1-13(2)16-5-6-19-17(12-16)7-8-21-20(19)18-10-14(3)9-15(4)11-18;1-5-10(6-2)12(14)9-13(15)11(7-3)8-4;/h7-12,14,17H,3-6H2,1-2H3;5-10,12-13H,1-4H3;9-11,14H,5-8H2,1-4H3;/q2*-1;;/b;;12-9-;/i9D,10D;7D,8D;;. The number of hydrogen-bond acceptors (Lipinski definition) is 4. The van der Waals surface area contributed by atoms with Gasteiger partial charge >= 0.3 is 0 Å². The molecule has 1 radical (unpaired) electrons. The number of hydrogen-bond donors (Lipinski definition) is 1. The van der Waals surface area contributed by atoms with Gasteiger partial charge in [-0.15, -0.1) is 69.8 Å². The number of benzene rings is 4. The van der Waals surface area contributed by atoms with Crippen LogP contribution in [0, 0.1) is 51.7 Å². The Labute approximate surface area is 380 Å². The van der Waals surface area contributed by atoms with Gasteiger partial charge in [0.1, 0.15) is 0 Å². The van der Waals surface area contributed by atoms with Crippen LogP contribution in [0.15, 0.2) is 96.9 Å². The molecule has 1 saturated carbocycles. The van der Waals surface area contributed by atoms with Gasteiger partial charge in [0.15, 0.2) is 5.78 Å². The molecule has 7 rings (SSSR count). The van der Waals surface area contributed by atoms with Gasteiger partial charge in [-0.25, -0.2) is 0 Å². The van der Waals surface area contributed by atoms with E-state index in [0.717, 1.165) is 92.0 Å². The first kappa shape index (κ1) is 42.3. The molecule has 319 valence electrons. The summed E-state index contributed by atoms with van der Waals surface area (Å²) in [5, 5.41) is 13.3. The predicted octanol–water partition coefficient (Wildman–Crippen LogP) is 15.3. The molecule has 0 aliphatic heterocycles. The maximum absolute atomic E-state index is 11.7. The number of carbonyl (C=O) groups is 1. The first-order valence-electron chi connectivity index (χ1n) is 23.8. The van der Waals surface area contributed by atoms with Crippen LogP contribution in [0.25, 0.3) is 44.1 Å². The zero-order valence-corrected chi connectivity index (χ0v) is 39.8. The van der Waals surface area contributed by atoms with Gasteiger partial charge in [-0.05, 0) is 107 Å². The van der Waals surface area contributed by atoms with E-state index < -0.39 is 0 Å². The van der Waals surface area contributed by atoms with Gasteiger partial charge in [0, 0.05) is 50.4 Å². The molecule has 0 atom stereocenters. The molecule has 1 aliphatic rings. The van der Waals surface area contributed by atoms with Crippen LogP contribution in [0.1, 0.15) is 144 Å². The summed E-state index contributed by atoms with van der Waals surface area (Å²) in [5.41, 5.74) is 10.2. The summed E-state index contributed by atoms with van der Waals surface area (Å²) >= 11 is 0. The van der Waals surface area contributed by atoms with Crippen molar-refractivity contribution in [3.63, 3.8) is 0 Å². The molecular weight excluding hydrogens is 913 g/mol. The number of aliphatic hydroxyl groups excluding tert-OH is 1. The van der Waals surface area contributed by atoms with E-state index in [1.54, 1.807) is 0 Å². The fourth-order valence-electron chi connectivity index (χ4n) is 8.26. The van der Waals surface area contributed by atoms with Gasteiger partial charge in [0.05, 0.1) is 11.2 Å². The minimum Gasteiger partial charge on any atom is -0.512 e. The average molecular weight is 983 g/mol. The fraction of sp³-hybridized carbons (Fsp3) is 0.400. The van der Waals surface area contributed by atoms with Gasteiger partial charge < -0.3 is 15.1 Å². The molecule has 0 bridgehead atoms. The number of pyridine rings is 2. The van der Waals surface area contributed by atoms with Crippen LogP contribution >= 0.6 is 0 Å². The molecule has 5 heteroatoms. The summed E-state index contributed by atoms with van der Waals surface area (Å²) in [6.45, 7) is 20.5. The number of fused-ring (bicyclic) bond motifs is 2. The van der Waals surface area contributed by atoms with E-state index in [0.29, 0.717) is 11.8 Å². The smallest absolute Gasteiger partial charge is 0.162 e. The van der Waals surface area contributed by atoms with Crippen LogP contribution in [0.5, 0.6) is 0 Å². The monoisotopic (exact) mass is 984 g/mol. The topological polar surface area (TPSA) is 63.1 Å². The number of allylic oxidation sites excluding steroid dienone is 2. The summed E-state index contributed by atoms with van der Waals surface area (Å²) in [6.07, 6.45) is 10.0. The Morgan fingerprint density at radius 3 is 1.68 bits per heavy atom. The second kappa shape index (κ2) is 23.0. The third-order valence-corrected chi connectivity index (χ3v) is 11.7. The maximum atomic E-state index is 11.7. The first-order valence-corrected chi connectivity index (χ1v) is 21.8. The molecule has 1 aliphatic carbocycles. The average Bonchev–Trinajstić information content (AvgIpc) is 3.79. The summed E-state index contributed by atoms with van der Waals surface area (Å²) in [7, 11) is 0. The zero-order chi connectivity index (χ0) is 46.1. The molecular formula is C55H66IrN2O2-2. The minimum absolute atomic E-state index is 0. The molecule has 1 fully saturated rings. The SMILES string of the molecule is CCC(CC)C(=O)/C=C(\O)C(CC)CC.[2H]c1nc(-c2[c-]c(C)cc(C)c2)c2ccc(C(C)C)cc2c1[2H].[2H]c1nc(-c2[c-]c(C)cc(C)c2)c2ccc(C3CCCC3)cc2c1[2H].[Ir]. The molecule has 4 nitrogen and oxygen atoms in total. The van der Waals surface area contributed by atoms with Crippen LogP contribution in [-0.2, 0) is 24.9 Å². The Kier molecular flexibility index (Phi) is 16.2. The Balaban J connectivity index is 0.000000216. The molecule has 0 unspecified atom stereocenters. The van der Waals surface area contributed by atoms with Crippen LogP contribution in [0.2, 0.25) is 0 Å².